The number of aryl methyl sites for hydroxylation is 1. The van der Waals surface area contributed by atoms with Crippen molar-refractivity contribution >= 4 is 16.9 Å². The fourth-order valence-electron chi connectivity index (χ4n) is 2.59. The van der Waals surface area contributed by atoms with Crippen LogP contribution >= 0.6 is 0 Å². The molecule has 102 valence electrons. The second kappa shape index (κ2) is 4.44. The zero-order valence-corrected chi connectivity index (χ0v) is 10.5. The van der Waals surface area contributed by atoms with Crippen molar-refractivity contribution in [3.8, 4) is 0 Å². The number of ether oxygens (including phenoxy) is 1. The minimum atomic E-state index is -0.677. The molecule has 7 heteroatoms. The smallest absolute Gasteiger partial charge is 0.161 e. The summed E-state index contributed by atoms with van der Waals surface area (Å²) in [7, 11) is 0. The van der Waals surface area contributed by atoms with Crippen LogP contribution in [0.4, 0.5) is 5.82 Å². The summed E-state index contributed by atoms with van der Waals surface area (Å²) < 4.78 is 7.38. The minimum absolute atomic E-state index is 0.108. The first-order valence-electron chi connectivity index (χ1n) is 6.13. The van der Waals surface area contributed by atoms with E-state index < -0.39 is 12.3 Å². The maximum absolute atomic E-state index is 10.1. The molecule has 4 N–H and O–H groups in total. The Bertz CT molecular complexity index is 612. The van der Waals surface area contributed by atoms with E-state index in [1.54, 1.807) is 4.57 Å². The van der Waals surface area contributed by atoms with Gasteiger partial charge in [0.25, 0.3) is 0 Å². The monoisotopic (exact) mass is 264 g/mol. The second-order valence-corrected chi connectivity index (χ2v) is 4.81. The molecule has 2 aromatic rings. The van der Waals surface area contributed by atoms with Crippen LogP contribution in [0.25, 0.3) is 11.0 Å². The molecule has 0 unspecified atom stereocenters. The Morgan fingerprint density at radius 3 is 3.00 bits per heavy atom. The first-order valence-corrected chi connectivity index (χ1v) is 6.13. The summed E-state index contributed by atoms with van der Waals surface area (Å²) in [5.41, 5.74) is 7.41. The molecule has 0 bridgehead atoms. The molecule has 0 amide bonds. The van der Waals surface area contributed by atoms with Gasteiger partial charge in [-0.1, -0.05) is 0 Å². The van der Waals surface area contributed by atoms with Gasteiger partial charge in [-0.2, -0.15) is 0 Å². The predicted octanol–water partition coefficient (Wildman–Crippen LogP) is -0.0374. The number of nitrogens with two attached hydrogens (primary N) is 1. The van der Waals surface area contributed by atoms with Crippen molar-refractivity contribution in [2.45, 2.75) is 31.8 Å². The molecular formula is C12H16N4O3. The number of hydrogen-bond acceptors (Lipinski definition) is 6. The van der Waals surface area contributed by atoms with Gasteiger partial charge in [0.1, 0.15) is 23.9 Å². The molecular weight excluding hydrogens is 248 g/mol. The van der Waals surface area contributed by atoms with Gasteiger partial charge in [0.2, 0.25) is 0 Å². The number of aliphatic hydroxyl groups is 2. The highest BCUT2D eigenvalue weighted by Gasteiger charge is 2.35. The average molecular weight is 264 g/mol. The molecule has 0 saturated carbocycles. The van der Waals surface area contributed by atoms with Gasteiger partial charge in [-0.05, 0) is 12.5 Å². The summed E-state index contributed by atoms with van der Waals surface area (Å²) in [5, 5.41) is 19.9. The number of hydrogen-bond donors (Lipinski definition) is 3. The van der Waals surface area contributed by atoms with Crippen molar-refractivity contribution in [3.05, 3.63) is 18.1 Å². The van der Waals surface area contributed by atoms with Gasteiger partial charge < -0.3 is 25.3 Å². The highest BCUT2D eigenvalue weighted by molar-refractivity contribution is 5.89. The van der Waals surface area contributed by atoms with Gasteiger partial charge in [-0.15, -0.1) is 0 Å². The van der Waals surface area contributed by atoms with Crippen LogP contribution in [0.2, 0.25) is 0 Å². The molecule has 1 aliphatic heterocycles. The number of nitrogen functional groups attached to an aromatic ring is 1. The molecule has 0 aromatic carbocycles. The summed E-state index contributed by atoms with van der Waals surface area (Å²) in [5.74, 6) is 0.410. The molecule has 1 saturated heterocycles. The van der Waals surface area contributed by atoms with Gasteiger partial charge in [-0.25, -0.2) is 9.97 Å². The van der Waals surface area contributed by atoms with Crippen molar-refractivity contribution in [2.75, 3.05) is 12.3 Å². The first kappa shape index (κ1) is 12.3. The maximum atomic E-state index is 10.1. The average Bonchev–Trinajstić information content (AvgIpc) is 2.91. The van der Waals surface area contributed by atoms with E-state index in [1.165, 1.54) is 6.33 Å². The third-order valence-electron chi connectivity index (χ3n) is 3.47. The van der Waals surface area contributed by atoms with E-state index >= 15 is 0 Å². The third kappa shape index (κ3) is 1.86. The Hall–Kier alpha value is -1.70. The van der Waals surface area contributed by atoms with Crippen LogP contribution in [-0.2, 0) is 4.74 Å². The number of aromatic nitrogens is 3. The normalized spacial score (nSPS) is 27.2. The summed E-state index contributed by atoms with van der Waals surface area (Å²) in [6.45, 7) is 1.80. The molecule has 0 radical (unpaired) electrons. The van der Waals surface area contributed by atoms with Crippen LogP contribution in [-0.4, -0.2) is 43.6 Å². The fourth-order valence-corrected chi connectivity index (χ4v) is 2.59. The van der Waals surface area contributed by atoms with E-state index in [1.807, 2.05) is 13.1 Å². The number of fused-ring (bicyclic) bond motifs is 1. The molecule has 0 aliphatic carbocycles. The lowest BCUT2D eigenvalue weighted by Gasteiger charge is -2.17. The van der Waals surface area contributed by atoms with E-state index in [-0.39, 0.29) is 12.7 Å². The standard InChI is InChI=1S/C12H16N4O3/c1-6-3-16(11-9(6)10(13)14-5-15-11)12-8(18)2-7(4-17)19-12/h3,5,7-8,12,17-18H,2,4H2,1H3,(H2,13,14,15)/t7-,8+,12+/m1/s1. The van der Waals surface area contributed by atoms with Crippen LogP contribution in [0.1, 0.15) is 18.2 Å². The van der Waals surface area contributed by atoms with Crippen LogP contribution < -0.4 is 5.73 Å². The van der Waals surface area contributed by atoms with Crippen molar-refractivity contribution < 1.29 is 14.9 Å². The van der Waals surface area contributed by atoms with E-state index in [2.05, 4.69) is 9.97 Å². The maximum Gasteiger partial charge on any atom is 0.161 e. The van der Waals surface area contributed by atoms with Gasteiger partial charge in [0.05, 0.1) is 18.1 Å². The molecule has 2 aromatic heterocycles. The Balaban J connectivity index is 2.09. The predicted molar refractivity (Wildman–Crippen MR) is 68.3 cm³/mol. The third-order valence-corrected chi connectivity index (χ3v) is 3.47. The topological polar surface area (TPSA) is 106 Å². The van der Waals surface area contributed by atoms with Crippen LogP contribution in [0.15, 0.2) is 12.5 Å². The van der Waals surface area contributed by atoms with Gasteiger partial charge >= 0.3 is 0 Å². The Labute approximate surface area is 109 Å². The van der Waals surface area contributed by atoms with Crippen LogP contribution in [0, 0.1) is 6.92 Å². The molecule has 1 fully saturated rings. The summed E-state index contributed by atoms with van der Waals surface area (Å²) in [6.07, 6.45) is 2.05. The second-order valence-electron chi connectivity index (χ2n) is 4.81. The molecule has 7 nitrogen and oxygen atoms in total. The summed E-state index contributed by atoms with van der Waals surface area (Å²) in [4.78, 5) is 8.18. The summed E-state index contributed by atoms with van der Waals surface area (Å²) in [6, 6.07) is 0. The minimum Gasteiger partial charge on any atom is -0.394 e. The number of anilines is 1. The van der Waals surface area contributed by atoms with Crippen molar-refractivity contribution in [1.82, 2.24) is 14.5 Å². The number of rotatable bonds is 2. The van der Waals surface area contributed by atoms with Gasteiger partial charge in [0.15, 0.2) is 6.23 Å². The van der Waals surface area contributed by atoms with Gasteiger partial charge in [0, 0.05) is 12.6 Å². The SMILES string of the molecule is Cc1cn([C@H]2O[C@@H](CO)C[C@@H]2O)c2ncnc(N)c12. The Morgan fingerprint density at radius 1 is 1.53 bits per heavy atom. The number of nitrogens with zero attached hydrogens (tertiary/aromatic N) is 3. The molecule has 1 aliphatic rings. The van der Waals surface area contributed by atoms with Crippen molar-refractivity contribution in [1.29, 1.82) is 0 Å². The van der Waals surface area contributed by atoms with Crippen LogP contribution in [0.5, 0.6) is 0 Å². The van der Waals surface area contributed by atoms with E-state index in [0.29, 0.717) is 17.9 Å². The van der Waals surface area contributed by atoms with E-state index in [0.717, 1.165) is 10.9 Å². The molecule has 19 heavy (non-hydrogen) atoms. The molecule has 3 rings (SSSR count). The summed E-state index contributed by atoms with van der Waals surface area (Å²) >= 11 is 0. The lowest BCUT2D eigenvalue weighted by molar-refractivity contribution is -0.0484. The Morgan fingerprint density at radius 2 is 2.32 bits per heavy atom. The van der Waals surface area contributed by atoms with E-state index in [9.17, 15) is 5.11 Å². The van der Waals surface area contributed by atoms with E-state index in [4.69, 9.17) is 15.6 Å². The number of aliphatic hydroxyl groups excluding tert-OH is 2. The highest BCUT2D eigenvalue weighted by atomic mass is 16.5. The molecule has 0 spiro atoms. The Kier molecular flexibility index (Phi) is 2.89. The van der Waals surface area contributed by atoms with Crippen LogP contribution in [0.3, 0.4) is 0 Å². The van der Waals surface area contributed by atoms with Crippen molar-refractivity contribution in [2.24, 2.45) is 0 Å². The molecule has 3 atom stereocenters. The fraction of sp³-hybridized carbons (Fsp3) is 0.500. The highest BCUT2D eigenvalue weighted by Crippen LogP contribution is 2.33. The first-order chi connectivity index (χ1) is 9.11. The van der Waals surface area contributed by atoms with Gasteiger partial charge in [-0.3, -0.25) is 0 Å². The zero-order chi connectivity index (χ0) is 13.6. The quantitative estimate of drug-likeness (QED) is 0.703. The largest absolute Gasteiger partial charge is 0.394 e. The lowest BCUT2D eigenvalue weighted by Crippen LogP contribution is -2.19. The zero-order valence-electron chi connectivity index (χ0n) is 10.5. The van der Waals surface area contributed by atoms with Crippen molar-refractivity contribution in [3.63, 3.8) is 0 Å². The lowest BCUT2D eigenvalue weighted by atomic mass is 10.2. The molecule has 3 heterocycles.